The molecule has 0 radical (unpaired) electrons. The normalized spacial score (nSPS) is 10.3. The molecule has 2 aromatic rings. The van der Waals surface area contributed by atoms with Crippen LogP contribution < -0.4 is 20.7 Å². The number of rotatable bonds is 3. The van der Waals surface area contributed by atoms with E-state index in [1.807, 2.05) is 12.1 Å². The summed E-state index contributed by atoms with van der Waals surface area (Å²) in [5.41, 5.74) is 3.33. The number of nitrogens with zero attached hydrogens (tertiary/aromatic N) is 1. The highest BCUT2D eigenvalue weighted by Crippen LogP contribution is 2.36. The van der Waals surface area contributed by atoms with E-state index in [9.17, 15) is 0 Å². The number of aromatic nitrogens is 1. The molecule has 0 aliphatic rings. The number of ether oxygens (including phenoxy) is 2. The molecular weight excluding hydrogens is 214 g/mol. The zero-order valence-electron chi connectivity index (χ0n) is 8.40. The van der Waals surface area contributed by atoms with Crippen molar-refractivity contribution in [3.8, 4) is 11.5 Å². The van der Waals surface area contributed by atoms with Crippen molar-refractivity contribution in [3.05, 3.63) is 12.1 Å². The van der Waals surface area contributed by atoms with E-state index in [2.05, 4.69) is 10.4 Å². The number of anilines is 1. The van der Waals surface area contributed by atoms with Crippen LogP contribution in [0.15, 0.2) is 12.1 Å². The summed E-state index contributed by atoms with van der Waals surface area (Å²) in [6, 6.07) is 3.66. The molecule has 0 bridgehead atoms. The summed E-state index contributed by atoms with van der Waals surface area (Å²) in [7, 11) is 3.22. The molecule has 0 saturated carbocycles. The molecule has 5 nitrogen and oxygen atoms in total. The summed E-state index contributed by atoms with van der Waals surface area (Å²) in [5.74, 6) is 6.76. The maximum absolute atomic E-state index is 5.30. The number of benzene rings is 1. The molecule has 0 unspecified atom stereocenters. The van der Waals surface area contributed by atoms with Crippen LogP contribution in [0.5, 0.6) is 11.5 Å². The second kappa shape index (κ2) is 3.92. The van der Waals surface area contributed by atoms with Gasteiger partial charge in [-0.1, -0.05) is 11.3 Å². The van der Waals surface area contributed by atoms with Crippen molar-refractivity contribution >= 4 is 26.7 Å². The van der Waals surface area contributed by atoms with Crippen LogP contribution in [-0.2, 0) is 0 Å². The third-order valence-electron chi connectivity index (χ3n) is 2.01. The smallest absolute Gasteiger partial charge is 0.198 e. The molecule has 80 valence electrons. The fourth-order valence-corrected chi connectivity index (χ4v) is 2.16. The van der Waals surface area contributed by atoms with Crippen LogP contribution in [0.3, 0.4) is 0 Å². The van der Waals surface area contributed by atoms with Crippen molar-refractivity contribution in [3.63, 3.8) is 0 Å². The van der Waals surface area contributed by atoms with Crippen LogP contribution in [0.1, 0.15) is 0 Å². The molecule has 0 amide bonds. The predicted molar refractivity (Wildman–Crippen MR) is 60.5 cm³/mol. The molecule has 0 spiro atoms. The number of thiazole rings is 1. The maximum Gasteiger partial charge on any atom is 0.198 e. The highest BCUT2D eigenvalue weighted by atomic mass is 32.1. The van der Waals surface area contributed by atoms with Gasteiger partial charge in [-0.15, -0.1) is 0 Å². The van der Waals surface area contributed by atoms with E-state index in [0.717, 1.165) is 16.0 Å². The molecule has 3 N–H and O–H groups in total. The van der Waals surface area contributed by atoms with Gasteiger partial charge in [0.15, 0.2) is 5.13 Å². The first-order valence-corrected chi connectivity index (χ1v) is 5.09. The molecule has 0 aliphatic heterocycles. The van der Waals surface area contributed by atoms with E-state index in [4.69, 9.17) is 15.3 Å². The quantitative estimate of drug-likeness (QED) is 0.613. The van der Waals surface area contributed by atoms with Crippen LogP contribution >= 0.6 is 11.3 Å². The number of nitrogens with two attached hydrogens (primary N) is 1. The van der Waals surface area contributed by atoms with Gasteiger partial charge in [-0.25, -0.2) is 10.8 Å². The van der Waals surface area contributed by atoms with E-state index in [1.54, 1.807) is 14.2 Å². The van der Waals surface area contributed by atoms with Crippen molar-refractivity contribution in [2.24, 2.45) is 5.84 Å². The highest BCUT2D eigenvalue weighted by Gasteiger charge is 2.10. The summed E-state index contributed by atoms with van der Waals surface area (Å²) in [6.07, 6.45) is 0. The molecule has 0 aliphatic carbocycles. The van der Waals surface area contributed by atoms with Crippen LogP contribution in [-0.4, -0.2) is 19.2 Å². The zero-order chi connectivity index (χ0) is 10.8. The summed E-state index contributed by atoms with van der Waals surface area (Å²) in [6.45, 7) is 0. The lowest BCUT2D eigenvalue weighted by Gasteiger charge is -2.03. The lowest BCUT2D eigenvalue weighted by atomic mass is 10.3. The summed E-state index contributed by atoms with van der Waals surface area (Å²) in [5, 5.41) is 0.650. The standard InChI is InChI=1S/C9H11N3O2S/c1-13-5-3-6-8(7(4-5)14-2)15-9(11-6)12-10/h3-4H,10H2,1-2H3,(H,11,12). The van der Waals surface area contributed by atoms with Gasteiger partial charge < -0.3 is 9.47 Å². The second-order valence-corrected chi connectivity index (χ2v) is 3.84. The minimum Gasteiger partial charge on any atom is -0.497 e. The minimum absolute atomic E-state index is 0.650. The number of methoxy groups -OCH3 is 2. The molecule has 2 rings (SSSR count). The highest BCUT2D eigenvalue weighted by molar-refractivity contribution is 7.22. The van der Waals surface area contributed by atoms with Crippen molar-refractivity contribution < 1.29 is 9.47 Å². The molecule has 0 fully saturated rings. The van der Waals surface area contributed by atoms with Crippen molar-refractivity contribution in [2.45, 2.75) is 0 Å². The van der Waals surface area contributed by atoms with E-state index >= 15 is 0 Å². The molecule has 1 heterocycles. The Kier molecular flexibility index (Phi) is 2.61. The third kappa shape index (κ3) is 1.69. The fraction of sp³-hybridized carbons (Fsp3) is 0.222. The first-order chi connectivity index (χ1) is 7.28. The van der Waals surface area contributed by atoms with Gasteiger partial charge in [0.25, 0.3) is 0 Å². The monoisotopic (exact) mass is 225 g/mol. The lowest BCUT2D eigenvalue weighted by Crippen LogP contribution is -2.05. The Balaban J connectivity index is 2.66. The number of hydrazine groups is 1. The number of nitrogens with one attached hydrogen (secondary N) is 1. The Morgan fingerprint density at radius 1 is 1.33 bits per heavy atom. The maximum atomic E-state index is 5.30. The van der Waals surface area contributed by atoms with Gasteiger partial charge in [0.2, 0.25) is 0 Å². The van der Waals surface area contributed by atoms with E-state index < -0.39 is 0 Å². The molecule has 0 atom stereocenters. The number of hydrogen-bond acceptors (Lipinski definition) is 6. The largest absolute Gasteiger partial charge is 0.497 e. The molecule has 0 saturated heterocycles. The number of fused-ring (bicyclic) bond motifs is 1. The lowest BCUT2D eigenvalue weighted by molar-refractivity contribution is 0.398. The average Bonchev–Trinajstić information content (AvgIpc) is 2.70. The second-order valence-electron chi connectivity index (χ2n) is 2.84. The summed E-state index contributed by atoms with van der Waals surface area (Å²) < 4.78 is 11.3. The fourth-order valence-electron chi connectivity index (χ4n) is 1.31. The molecular formula is C9H11N3O2S. The zero-order valence-corrected chi connectivity index (χ0v) is 9.22. The van der Waals surface area contributed by atoms with Crippen molar-refractivity contribution in [1.29, 1.82) is 0 Å². The minimum atomic E-state index is 0.650. The van der Waals surface area contributed by atoms with Crippen molar-refractivity contribution in [2.75, 3.05) is 19.6 Å². The van der Waals surface area contributed by atoms with Gasteiger partial charge in [-0.3, -0.25) is 5.43 Å². The number of hydrogen-bond donors (Lipinski definition) is 2. The van der Waals surface area contributed by atoms with Crippen LogP contribution in [0.4, 0.5) is 5.13 Å². The Morgan fingerprint density at radius 2 is 2.13 bits per heavy atom. The van der Waals surface area contributed by atoms with E-state index in [0.29, 0.717) is 10.9 Å². The topological polar surface area (TPSA) is 69.4 Å². The van der Waals surface area contributed by atoms with Crippen LogP contribution in [0.25, 0.3) is 10.2 Å². The SMILES string of the molecule is COc1cc(OC)c2sc(NN)nc2c1. The van der Waals surface area contributed by atoms with E-state index in [-0.39, 0.29) is 0 Å². The van der Waals surface area contributed by atoms with Gasteiger partial charge in [0.05, 0.1) is 24.4 Å². The Labute approximate surface area is 90.8 Å². The van der Waals surface area contributed by atoms with Gasteiger partial charge in [0.1, 0.15) is 11.5 Å². The third-order valence-corrected chi connectivity index (χ3v) is 3.03. The van der Waals surface area contributed by atoms with E-state index in [1.165, 1.54) is 11.3 Å². The molecule has 1 aromatic heterocycles. The summed E-state index contributed by atoms with van der Waals surface area (Å²) >= 11 is 1.44. The first-order valence-electron chi connectivity index (χ1n) is 4.27. The van der Waals surface area contributed by atoms with Crippen molar-refractivity contribution in [1.82, 2.24) is 4.98 Å². The van der Waals surface area contributed by atoms with Crippen LogP contribution in [0.2, 0.25) is 0 Å². The molecule has 15 heavy (non-hydrogen) atoms. The summed E-state index contributed by atoms with van der Waals surface area (Å²) in [4.78, 5) is 4.27. The Hall–Kier alpha value is -1.53. The Bertz CT molecular complexity index is 483. The van der Waals surface area contributed by atoms with Gasteiger partial charge in [0, 0.05) is 12.1 Å². The average molecular weight is 225 g/mol. The first kappa shape index (κ1) is 10.0. The van der Waals surface area contributed by atoms with Gasteiger partial charge in [-0.2, -0.15) is 0 Å². The predicted octanol–water partition coefficient (Wildman–Crippen LogP) is 1.60. The molecule has 1 aromatic carbocycles. The van der Waals surface area contributed by atoms with Gasteiger partial charge >= 0.3 is 0 Å². The number of nitrogen functional groups attached to an aromatic ring is 1. The Morgan fingerprint density at radius 3 is 2.73 bits per heavy atom. The van der Waals surface area contributed by atoms with Crippen LogP contribution in [0, 0.1) is 0 Å². The van der Waals surface area contributed by atoms with Gasteiger partial charge in [-0.05, 0) is 0 Å². The molecule has 6 heteroatoms.